The number of aromatic amines is 1. The molecule has 1 N–H and O–H groups in total. The Bertz CT molecular complexity index is 1190. The number of nitrogens with zero attached hydrogens (tertiary/aromatic N) is 5. The van der Waals surface area contributed by atoms with E-state index >= 15 is 0 Å². The van der Waals surface area contributed by atoms with Gasteiger partial charge in [-0.2, -0.15) is 0 Å². The van der Waals surface area contributed by atoms with Gasteiger partial charge in [0.15, 0.2) is 17.3 Å². The normalized spacial score (nSPS) is 22.0. The van der Waals surface area contributed by atoms with Crippen molar-refractivity contribution >= 4 is 10.9 Å². The fraction of sp³-hybridized carbons (Fsp3) is 0.565. The van der Waals surface area contributed by atoms with Crippen molar-refractivity contribution in [3.05, 3.63) is 39.9 Å². The van der Waals surface area contributed by atoms with Crippen LogP contribution >= 0.6 is 0 Å². The zero-order chi connectivity index (χ0) is 22.2. The number of H-pyrrole nitrogens is 1. The number of aromatic nitrogens is 5. The Balaban J connectivity index is 1.45. The van der Waals surface area contributed by atoms with E-state index in [9.17, 15) is 4.79 Å². The molecule has 6 rings (SSSR count). The molecular weight excluding hydrogens is 424 g/mol. The number of rotatable bonds is 5. The van der Waals surface area contributed by atoms with Crippen molar-refractivity contribution in [3.63, 3.8) is 0 Å². The fourth-order valence-corrected chi connectivity index (χ4v) is 5.19. The highest BCUT2D eigenvalue weighted by Gasteiger charge is 2.32. The summed E-state index contributed by atoms with van der Waals surface area (Å²) in [5, 5.41) is 13.6. The molecule has 10 heteroatoms. The van der Waals surface area contributed by atoms with Crippen LogP contribution in [0.5, 0.6) is 11.5 Å². The highest BCUT2D eigenvalue weighted by molar-refractivity contribution is 5.83. The predicted octanol–water partition coefficient (Wildman–Crippen LogP) is 2.39. The predicted molar refractivity (Wildman–Crippen MR) is 119 cm³/mol. The molecule has 0 spiro atoms. The first-order valence-corrected chi connectivity index (χ1v) is 11.8. The third-order valence-corrected chi connectivity index (χ3v) is 6.87. The van der Waals surface area contributed by atoms with Crippen LogP contribution < -0.4 is 15.0 Å². The number of tetrazole rings is 1. The first-order valence-electron chi connectivity index (χ1n) is 11.8. The Morgan fingerprint density at radius 1 is 1.06 bits per heavy atom. The molecule has 33 heavy (non-hydrogen) atoms. The van der Waals surface area contributed by atoms with Gasteiger partial charge in [0.25, 0.3) is 5.56 Å². The number of benzene rings is 1. The number of pyridine rings is 1. The second-order valence-corrected chi connectivity index (χ2v) is 9.05. The minimum absolute atomic E-state index is 0.103. The average Bonchev–Trinajstić information content (AvgIpc) is 3.54. The molecule has 0 radical (unpaired) electrons. The van der Waals surface area contributed by atoms with Crippen LogP contribution in [0.15, 0.2) is 23.0 Å². The van der Waals surface area contributed by atoms with Crippen LogP contribution in [0, 0.1) is 0 Å². The molecule has 0 aliphatic carbocycles. The van der Waals surface area contributed by atoms with Gasteiger partial charge in [-0.25, -0.2) is 4.68 Å². The van der Waals surface area contributed by atoms with E-state index in [1.807, 2.05) is 22.9 Å². The number of likely N-dealkylation sites (tertiary alicyclic amines) is 1. The van der Waals surface area contributed by atoms with E-state index in [0.29, 0.717) is 29.4 Å². The Hall–Kier alpha value is -2.98. The average molecular weight is 453 g/mol. The molecule has 2 atom stereocenters. The molecule has 0 bridgehead atoms. The molecular formula is C23H28N6O4. The van der Waals surface area contributed by atoms with E-state index in [0.717, 1.165) is 56.3 Å². The van der Waals surface area contributed by atoms with Gasteiger partial charge in [-0.1, -0.05) is 12.8 Å². The summed E-state index contributed by atoms with van der Waals surface area (Å²) in [6, 6.07) is 5.37. The number of ether oxygens (including phenoxy) is 3. The minimum atomic E-state index is -0.335. The summed E-state index contributed by atoms with van der Waals surface area (Å²) >= 11 is 0. The van der Waals surface area contributed by atoms with E-state index in [-0.39, 0.29) is 24.5 Å². The quantitative estimate of drug-likeness (QED) is 0.629. The summed E-state index contributed by atoms with van der Waals surface area (Å²) in [5.74, 6) is 2.03. The Morgan fingerprint density at radius 2 is 1.88 bits per heavy atom. The van der Waals surface area contributed by atoms with E-state index in [2.05, 4.69) is 25.4 Å². The summed E-state index contributed by atoms with van der Waals surface area (Å²) < 4.78 is 18.7. The van der Waals surface area contributed by atoms with Crippen molar-refractivity contribution < 1.29 is 14.2 Å². The first-order chi connectivity index (χ1) is 16.3. The zero-order valence-corrected chi connectivity index (χ0v) is 18.5. The maximum Gasteiger partial charge on any atom is 0.253 e. The Kier molecular flexibility index (Phi) is 5.47. The lowest BCUT2D eigenvalue weighted by Crippen LogP contribution is -2.36. The van der Waals surface area contributed by atoms with Crippen molar-refractivity contribution in [3.8, 4) is 11.5 Å². The van der Waals surface area contributed by atoms with Crippen LogP contribution in [-0.4, -0.2) is 62.7 Å². The van der Waals surface area contributed by atoms with Gasteiger partial charge in [-0.15, -0.1) is 5.10 Å². The lowest BCUT2D eigenvalue weighted by molar-refractivity contribution is 0.0909. The van der Waals surface area contributed by atoms with E-state index < -0.39 is 0 Å². The van der Waals surface area contributed by atoms with Gasteiger partial charge >= 0.3 is 0 Å². The topological polar surface area (TPSA) is 107 Å². The number of nitrogens with one attached hydrogen (secondary N) is 1. The highest BCUT2D eigenvalue weighted by Crippen LogP contribution is 2.36. The molecule has 3 aliphatic heterocycles. The fourth-order valence-electron chi connectivity index (χ4n) is 5.19. The van der Waals surface area contributed by atoms with Gasteiger partial charge in [0.1, 0.15) is 6.04 Å². The first kappa shape index (κ1) is 20.6. The number of hydrogen-bond acceptors (Lipinski definition) is 8. The summed E-state index contributed by atoms with van der Waals surface area (Å²) in [5.41, 5.74) is 1.23. The maximum absolute atomic E-state index is 13.4. The molecule has 1 aromatic carbocycles. The maximum atomic E-state index is 13.4. The van der Waals surface area contributed by atoms with Crippen molar-refractivity contribution in [2.75, 3.05) is 26.5 Å². The van der Waals surface area contributed by atoms with Gasteiger partial charge in [-0.3, -0.25) is 9.69 Å². The molecule has 5 heterocycles. The van der Waals surface area contributed by atoms with E-state index in [1.54, 1.807) is 0 Å². The molecule has 2 aromatic heterocycles. The van der Waals surface area contributed by atoms with Gasteiger partial charge < -0.3 is 19.2 Å². The van der Waals surface area contributed by atoms with E-state index in [4.69, 9.17) is 14.2 Å². The van der Waals surface area contributed by atoms with Crippen LogP contribution in [0.4, 0.5) is 0 Å². The highest BCUT2D eigenvalue weighted by atomic mass is 16.7. The van der Waals surface area contributed by atoms with Crippen molar-refractivity contribution in [1.29, 1.82) is 0 Å². The molecule has 0 saturated carbocycles. The molecule has 10 nitrogen and oxygen atoms in total. The minimum Gasteiger partial charge on any atom is -0.454 e. The van der Waals surface area contributed by atoms with Gasteiger partial charge in [-0.05, 0) is 61.3 Å². The number of hydrogen-bond donors (Lipinski definition) is 1. The van der Waals surface area contributed by atoms with Crippen LogP contribution in [0.1, 0.15) is 56.0 Å². The zero-order valence-electron chi connectivity index (χ0n) is 18.5. The van der Waals surface area contributed by atoms with Gasteiger partial charge in [0.2, 0.25) is 6.79 Å². The Labute approximate surface area is 190 Å². The van der Waals surface area contributed by atoms with Crippen LogP contribution in [0.3, 0.4) is 0 Å². The van der Waals surface area contributed by atoms with Crippen LogP contribution in [-0.2, 0) is 11.3 Å². The molecule has 3 aromatic rings. The van der Waals surface area contributed by atoms with E-state index in [1.165, 1.54) is 12.8 Å². The molecule has 174 valence electrons. The largest absolute Gasteiger partial charge is 0.454 e. The van der Waals surface area contributed by atoms with Crippen molar-refractivity contribution in [1.82, 2.24) is 30.1 Å². The van der Waals surface area contributed by atoms with Crippen molar-refractivity contribution in [2.24, 2.45) is 0 Å². The smallest absolute Gasteiger partial charge is 0.253 e. The van der Waals surface area contributed by atoms with Crippen LogP contribution in [0.25, 0.3) is 10.9 Å². The number of fused-ring (bicyclic) bond motifs is 2. The molecule has 0 unspecified atom stereocenters. The summed E-state index contributed by atoms with van der Waals surface area (Å²) in [6.45, 7) is 3.36. The molecule has 2 saturated heterocycles. The van der Waals surface area contributed by atoms with Gasteiger partial charge in [0, 0.05) is 23.6 Å². The lowest BCUT2D eigenvalue weighted by atomic mass is 10.0. The standard InChI is InChI=1S/C23H28N6O4/c30-23-17(10-15-11-19-20(33-14-32-19)12-18(15)24-23)21(28-7-3-1-2-4-8-28)22-25-26-27-29(22)13-16-6-5-9-31-16/h10-12,16,21H,1-9,13-14H2,(H,24,30)/t16-,21-/m0/s1. The molecule has 2 fully saturated rings. The SMILES string of the molecule is O=c1[nH]c2cc3c(cc2cc1[C@@H](c1nnnn1C[C@@H]1CCCO1)N1CCCCCC1)OCO3. The van der Waals surface area contributed by atoms with Crippen LogP contribution in [0.2, 0.25) is 0 Å². The monoisotopic (exact) mass is 452 g/mol. The molecule has 3 aliphatic rings. The third kappa shape index (κ3) is 3.97. The molecule has 0 amide bonds. The lowest BCUT2D eigenvalue weighted by Gasteiger charge is -2.30. The third-order valence-electron chi connectivity index (χ3n) is 6.87. The Morgan fingerprint density at radius 3 is 2.67 bits per heavy atom. The second kappa shape index (κ2) is 8.75. The summed E-state index contributed by atoms with van der Waals surface area (Å²) in [7, 11) is 0. The summed E-state index contributed by atoms with van der Waals surface area (Å²) in [4.78, 5) is 18.8. The van der Waals surface area contributed by atoms with Crippen molar-refractivity contribution in [2.45, 2.75) is 57.2 Å². The summed E-state index contributed by atoms with van der Waals surface area (Å²) in [6.07, 6.45) is 6.73. The second-order valence-electron chi connectivity index (χ2n) is 9.05. The van der Waals surface area contributed by atoms with Gasteiger partial charge in [0.05, 0.1) is 18.2 Å².